The van der Waals surface area contributed by atoms with Crippen LogP contribution in [0.15, 0.2) is 0 Å². The Kier molecular flexibility index (Phi) is 7.28. The summed E-state index contributed by atoms with van der Waals surface area (Å²) in [6, 6.07) is 0. The second-order valence-electron chi connectivity index (χ2n) is 10.8. The van der Waals surface area contributed by atoms with Gasteiger partial charge >= 0.3 is 0 Å². The van der Waals surface area contributed by atoms with Crippen molar-refractivity contribution in [2.75, 3.05) is 0 Å². The first-order valence-electron chi connectivity index (χ1n) is 12.7. The Morgan fingerprint density at radius 3 is 0.857 bits per heavy atom. The molecule has 0 N–H and O–H groups in total. The second-order valence-corrected chi connectivity index (χ2v) is 10.8. The number of hydrogen-bond acceptors (Lipinski definition) is 2. The zero-order valence-corrected chi connectivity index (χ0v) is 18.0. The lowest BCUT2D eigenvalue weighted by Crippen LogP contribution is -2.30. The molecule has 0 aliphatic heterocycles. The van der Waals surface area contributed by atoms with Gasteiger partial charge in [0.15, 0.2) is 0 Å². The van der Waals surface area contributed by atoms with Crippen molar-refractivity contribution in [3.8, 4) is 0 Å². The van der Waals surface area contributed by atoms with Crippen LogP contribution in [-0.4, -0.2) is 11.6 Å². The van der Waals surface area contributed by atoms with E-state index >= 15 is 0 Å². The number of hydrogen-bond donors (Lipinski definition) is 0. The van der Waals surface area contributed by atoms with Gasteiger partial charge in [-0.05, 0) is 86.9 Å². The number of Topliss-reactive ketones (excluding diaryl/α,β-unsaturated/α-hetero) is 2. The topological polar surface area (TPSA) is 34.1 Å². The third-order valence-corrected chi connectivity index (χ3v) is 9.29. The van der Waals surface area contributed by atoms with E-state index in [1.165, 1.54) is 89.9 Å². The first kappa shape index (κ1) is 20.6. The van der Waals surface area contributed by atoms with Crippen LogP contribution in [0.2, 0.25) is 0 Å². The standard InChI is InChI=1S/C16H26O.C10H16O/c17-16-10-8-15(9-11-16)14-6-4-13(5-7-14)12-2-1-3-12;11-10-6-4-9(5-7-10)8-2-1-3-8/h12-15H,1-11H2;8-9H,1-7H2. The van der Waals surface area contributed by atoms with Crippen LogP contribution >= 0.6 is 0 Å². The largest absolute Gasteiger partial charge is 0.300 e. The SMILES string of the molecule is O=C1CCC(C2CCC(C3CCC3)CC2)CC1.O=C1CCC(C2CCC2)CC1. The average molecular weight is 387 g/mol. The van der Waals surface area contributed by atoms with Gasteiger partial charge in [-0.15, -0.1) is 0 Å². The fourth-order valence-corrected chi connectivity index (χ4v) is 6.78. The molecule has 0 bridgehead atoms. The molecule has 0 heterocycles. The Labute approximate surface area is 172 Å². The molecular formula is C26H42O2. The molecule has 5 fully saturated rings. The molecule has 0 unspecified atom stereocenters. The Balaban J connectivity index is 0.000000151. The molecule has 5 rings (SSSR count). The van der Waals surface area contributed by atoms with Crippen molar-refractivity contribution in [1.82, 2.24) is 0 Å². The summed E-state index contributed by atoms with van der Waals surface area (Å²) in [7, 11) is 0. The third-order valence-electron chi connectivity index (χ3n) is 9.29. The Morgan fingerprint density at radius 2 is 0.607 bits per heavy atom. The third kappa shape index (κ3) is 5.28. The molecule has 5 aliphatic carbocycles. The molecule has 0 aromatic heterocycles. The number of carbonyl (C=O) groups excluding carboxylic acids is 2. The normalized spacial score (nSPS) is 33.6. The van der Waals surface area contributed by atoms with Crippen molar-refractivity contribution in [3.63, 3.8) is 0 Å². The van der Waals surface area contributed by atoms with Crippen LogP contribution in [0, 0.1) is 35.5 Å². The molecule has 5 aliphatic rings. The number of rotatable bonds is 3. The predicted octanol–water partition coefficient (Wildman–Crippen LogP) is 6.90. The predicted molar refractivity (Wildman–Crippen MR) is 114 cm³/mol. The van der Waals surface area contributed by atoms with Gasteiger partial charge in [-0.25, -0.2) is 0 Å². The molecule has 0 aromatic carbocycles. The summed E-state index contributed by atoms with van der Waals surface area (Å²) in [6.07, 6.45) is 23.1. The molecule has 0 spiro atoms. The minimum atomic E-state index is 0.501. The zero-order chi connectivity index (χ0) is 19.3. The molecule has 2 heteroatoms. The highest BCUT2D eigenvalue weighted by atomic mass is 16.1. The Hall–Kier alpha value is -0.660. The van der Waals surface area contributed by atoms with E-state index in [1.807, 2.05) is 0 Å². The van der Waals surface area contributed by atoms with Crippen LogP contribution in [0.1, 0.15) is 116 Å². The molecule has 2 nitrogen and oxygen atoms in total. The van der Waals surface area contributed by atoms with Gasteiger partial charge < -0.3 is 0 Å². The average Bonchev–Trinajstić information content (AvgIpc) is 2.63. The van der Waals surface area contributed by atoms with Crippen molar-refractivity contribution in [3.05, 3.63) is 0 Å². The van der Waals surface area contributed by atoms with Gasteiger partial charge in [-0.2, -0.15) is 0 Å². The second kappa shape index (κ2) is 9.90. The van der Waals surface area contributed by atoms with Crippen molar-refractivity contribution < 1.29 is 9.59 Å². The molecule has 0 saturated heterocycles. The summed E-state index contributed by atoms with van der Waals surface area (Å²) >= 11 is 0. The van der Waals surface area contributed by atoms with E-state index in [1.54, 1.807) is 0 Å². The van der Waals surface area contributed by atoms with E-state index in [0.717, 1.165) is 61.2 Å². The summed E-state index contributed by atoms with van der Waals surface area (Å²) in [5, 5.41) is 0. The van der Waals surface area contributed by atoms with E-state index in [0.29, 0.717) is 11.6 Å². The van der Waals surface area contributed by atoms with Crippen molar-refractivity contribution in [1.29, 1.82) is 0 Å². The zero-order valence-electron chi connectivity index (χ0n) is 18.0. The maximum Gasteiger partial charge on any atom is 0.132 e. The van der Waals surface area contributed by atoms with Crippen LogP contribution in [0.5, 0.6) is 0 Å². The Morgan fingerprint density at radius 1 is 0.357 bits per heavy atom. The maximum atomic E-state index is 11.3. The van der Waals surface area contributed by atoms with Gasteiger partial charge in [-0.3, -0.25) is 9.59 Å². The number of ketones is 2. The first-order valence-corrected chi connectivity index (χ1v) is 12.7. The maximum absolute atomic E-state index is 11.3. The quantitative estimate of drug-likeness (QED) is 0.529. The van der Waals surface area contributed by atoms with E-state index in [2.05, 4.69) is 0 Å². The fraction of sp³-hybridized carbons (Fsp3) is 0.923. The van der Waals surface area contributed by atoms with Crippen LogP contribution < -0.4 is 0 Å². The molecule has 0 amide bonds. The first-order chi connectivity index (χ1) is 13.7. The molecule has 5 saturated carbocycles. The molecule has 28 heavy (non-hydrogen) atoms. The summed E-state index contributed by atoms with van der Waals surface area (Å²) in [6.45, 7) is 0. The molecule has 0 atom stereocenters. The van der Waals surface area contributed by atoms with Crippen molar-refractivity contribution >= 4 is 11.6 Å². The minimum Gasteiger partial charge on any atom is -0.300 e. The van der Waals surface area contributed by atoms with E-state index < -0.39 is 0 Å². The number of carbonyl (C=O) groups is 2. The van der Waals surface area contributed by atoms with Gasteiger partial charge in [0.2, 0.25) is 0 Å². The molecule has 0 aromatic rings. The fourth-order valence-electron chi connectivity index (χ4n) is 6.78. The van der Waals surface area contributed by atoms with Crippen LogP contribution in [0.25, 0.3) is 0 Å². The minimum absolute atomic E-state index is 0.501. The Bertz CT molecular complexity index is 503. The highest BCUT2D eigenvalue weighted by molar-refractivity contribution is 5.79. The van der Waals surface area contributed by atoms with E-state index in [-0.39, 0.29) is 0 Å². The van der Waals surface area contributed by atoms with E-state index in [9.17, 15) is 9.59 Å². The summed E-state index contributed by atoms with van der Waals surface area (Å²) < 4.78 is 0. The van der Waals surface area contributed by atoms with Gasteiger partial charge in [-0.1, -0.05) is 38.5 Å². The summed E-state index contributed by atoms with van der Waals surface area (Å²) in [4.78, 5) is 22.2. The monoisotopic (exact) mass is 386 g/mol. The van der Waals surface area contributed by atoms with Gasteiger partial charge in [0.05, 0.1) is 0 Å². The molecular weight excluding hydrogens is 344 g/mol. The highest BCUT2D eigenvalue weighted by Crippen LogP contribution is 2.45. The lowest BCUT2D eigenvalue weighted by Gasteiger charge is -2.41. The summed E-state index contributed by atoms with van der Waals surface area (Å²) in [5.74, 6) is 6.98. The summed E-state index contributed by atoms with van der Waals surface area (Å²) in [5.41, 5.74) is 0. The van der Waals surface area contributed by atoms with Gasteiger partial charge in [0.25, 0.3) is 0 Å². The smallest absolute Gasteiger partial charge is 0.132 e. The van der Waals surface area contributed by atoms with Crippen molar-refractivity contribution in [2.24, 2.45) is 35.5 Å². The molecule has 0 radical (unpaired) electrons. The van der Waals surface area contributed by atoms with Crippen LogP contribution in [0.3, 0.4) is 0 Å². The van der Waals surface area contributed by atoms with Gasteiger partial charge in [0.1, 0.15) is 11.6 Å². The van der Waals surface area contributed by atoms with E-state index in [4.69, 9.17) is 0 Å². The van der Waals surface area contributed by atoms with Gasteiger partial charge in [0, 0.05) is 25.7 Å². The lowest BCUT2D eigenvalue weighted by atomic mass is 9.65. The molecule has 158 valence electrons. The van der Waals surface area contributed by atoms with Crippen LogP contribution in [-0.2, 0) is 9.59 Å². The van der Waals surface area contributed by atoms with Crippen LogP contribution in [0.4, 0.5) is 0 Å². The lowest BCUT2D eigenvalue weighted by molar-refractivity contribution is -0.122. The highest BCUT2D eigenvalue weighted by Gasteiger charge is 2.34. The van der Waals surface area contributed by atoms with Crippen molar-refractivity contribution in [2.45, 2.75) is 116 Å².